The Balaban J connectivity index is 2.02. The van der Waals surface area contributed by atoms with Crippen LogP contribution in [0.2, 0.25) is 0 Å². The van der Waals surface area contributed by atoms with Crippen LogP contribution in [0.15, 0.2) is 23.6 Å². The van der Waals surface area contributed by atoms with E-state index >= 15 is 0 Å². The smallest absolute Gasteiger partial charge is 0.272 e. The summed E-state index contributed by atoms with van der Waals surface area (Å²) in [5.74, 6) is 0.561. The number of aliphatic hydroxyl groups excluding tert-OH is 1. The van der Waals surface area contributed by atoms with Crippen LogP contribution in [0.5, 0.6) is 0 Å². The molecular formula is C13H17N3O2S2. The first-order valence-corrected chi connectivity index (χ1v) is 8.52. The molecule has 1 unspecified atom stereocenters. The summed E-state index contributed by atoms with van der Waals surface area (Å²) >= 11 is 3.23. The molecule has 1 atom stereocenters. The van der Waals surface area contributed by atoms with Crippen molar-refractivity contribution in [1.82, 2.24) is 15.5 Å². The van der Waals surface area contributed by atoms with Gasteiger partial charge in [0.1, 0.15) is 0 Å². The lowest BCUT2D eigenvalue weighted by molar-refractivity contribution is 0.0930. The largest absolute Gasteiger partial charge is 0.396 e. The first-order valence-electron chi connectivity index (χ1n) is 6.24. The molecule has 2 rings (SSSR count). The van der Waals surface area contributed by atoms with Crippen LogP contribution < -0.4 is 5.32 Å². The molecule has 0 spiro atoms. The van der Waals surface area contributed by atoms with Gasteiger partial charge in [0.05, 0.1) is 10.6 Å². The quantitative estimate of drug-likeness (QED) is 0.730. The van der Waals surface area contributed by atoms with E-state index in [1.165, 1.54) is 0 Å². The molecule has 0 aliphatic carbocycles. The van der Waals surface area contributed by atoms with Gasteiger partial charge in [-0.3, -0.25) is 9.89 Å². The predicted molar refractivity (Wildman–Crippen MR) is 83.2 cm³/mol. The highest BCUT2D eigenvalue weighted by Gasteiger charge is 2.16. The second kappa shape index (κ2) is 7.47. The van der Waals surface area contributed by atoms with Crippen LogP contribution in [0.1, 0.15) is 16.9 Å². The van der Waals surface area contributed by atoms with E-state index in [1.54, 1.807) is 29.2 Å². The molecule has 7 heteroatoms. The van der Waals surface area contributed by atoms with Gasteiger partial charge in [-0.25, -0.2) is 0 Å². The van der Waals surface area contributed by atoms with Gasteiger partial charge >= 0.3 is 0 Å². The standard InChI is InChI=1S/C13H17N3O2S2/c1-19-8-9(4-5-17)14-13(18)11-7-10(15-16-11)12-3-2-6-20-12/h2-3,6-7,9,17H,4-5,8H2,1H3,(H,14,18)(H,15,16). The second-order valence-corrected chi connectivity index (χ2v) is 6.14. The van der Waals surface area contributed by atoms with Gasteiger partial charge in [0, 0.05) is 18.4 Å². The molecule has 0 saturated heterocycles. The molecule has 0 fully saturated rings. The molecule has 0 saturated carbocycles. The van der Waals surface area contributed by atoms with E-state index in [2.05, 4.69) is 15.5 Å². The summed E-state index contributed by atoms with van der Waals surface area (Å²) in [5.41, 5.74) is 1.21. The number of nitrogens with zero attached hydrogens (tertiary/aromatic N) is 1. The van der Waals surface area contributed by atoms with Crippen molar-refractivity contribution in [2.24, 2.45) is 0 Å². The summed E-state index contributed by atoms with van der Waals surface area (Å²) in [6.45, 7) is 0.0620. The zero-order chi connectivity index (χ0) is 14.4. The van der Waals surface area contributed by atoms with Crippen LogP contribution in [0, 0.1) is 0 Å². The lowest BCUT2D eigenvalue weighted by atomic mass is 10.2. The van der Waals surface area contributed by atoms with E-state index in [0.717, 1.165) is 16.3 Å². The van der Waals surface area contributed by atoms with Crippen molar-refractivity contribution in [2.45, 2.75) is 12.5 Å². The molecule has 1 amide bonds. The minimum absolute atomic E-state index is 0.0376. The zero-order valence-electron chi connectivity index (χ0n) is 11.1. The number of amides is 1. The van der Waals surface area contributed by atoms with Crippen LogP contribution in [0.4, 0.5) is 0 Å². The zero-order valence-corrected chi connectivity index (χ0v) is 12.8. The fraction of sp³-hybridized carbons (Fsp3) is 0.385. The van der Waals surface area contributed by atoms with Crippen molar-refractivity contribution in [1.29, 1.82) is 0 Å². The van der Waals surface area contributed by atoms with Gasteiger partial charge in [0.25, 0.3) is 5.91 Å². The molecule has 0 aliphatic rings. The maximum Gasteiger partial charge on any atom is 0.272 e. The van der Waals surface area contributed by atoms with E-state index in [0.29, 0.717) is 12.1 Å². The third-order valence-corrected chi connectivity index (χ3v) is 4.42. The Kier molecular flexibility index (Phi) is 5.63. The Hall–Kier alpha value is -1.31. The molecular weight excluding hydrogens is 294 g/mol. The van der Waals surface area contributed by atoms with Gasteiger partial charge in [-0.05, 0) is 30.2 Å². The summed E-state index contributed by atoms with van der Waals surface area (Å²) in [7, 11) is 0. The molecule has 2 aromatic heterocycles. The number of nitrogens with one attached hydrogen (secondary N) is 2. The van der Waals surface area contributed by atoms with Crippen LogP contribution in [-0.4, -0.2) is 45.9 Å². The van der Waals surface area contributed by atoms with Crippen LogP contribution in [0.25, 0.3) is 10.6 Å². The highest BCUT2D eigenvalue weighted by molar-refractivity contribution is 7.98. The van der Waals surface area contributed by atoms with Gasteiger partial charge in [-0.2, -0.15) is 16.9 Å². The Morgan fingerprint density at radius 2 is 2.50 bits per heavy atom. The van der Waals surface area contributed by atoms with Gasteiger partial charge in [0.2, 0.25) is 0 Å². The van der Waals surface area contributed by atoms with Gasteiger partial charge < -0.3 is 10.4 Å². The molecule has 2 aromatic rings. The Bertz CT molecular complexity index is 534. The van der Waals surface area contributed by atoms with Crippen LogP contribution >= 0.6 is 23.1 Å². The minimum Gasteiger partial charge on any atom is -0.396 e. The van der Waals surface area contributed by atoms with Gasteiger partial charge in [-0.15, -0.1) is 11.3 Å². The number of aromatic nitrogens is 2. The molecule has 0 aliphatic heterocycles. The maximum atomic E-state index is 12.1. The topological polar surface area (TPSA) is 78.0 Å². The molecule has 2 heterocycles. The van der Waals surface area contributed by atoms with Crippen molar-refractivity contribution >= 4 is 29.0 Å². The van der Waals surface area contributed by atoms with Crippen molar-refractivity contribution in [3.8, 4) is 10.6 Å². The Morgan fingerprint density at radius 3 is 3.15 bits per heavy atom. The molecule has 3 N–H and O–H groups in total. The van der Waals surface area contributed by atoms with Crippen molar-refractivity contribution in [3.63, 3.8) is 0 Å². The van der Waals surface area contributed by atoms with Crippen molar-refractivity contribution in [3.05, 3.63) is 29.3 Å². The second-order valence-electron chi connectivity index (χ2n) is 4.28. The summed E-state index contributed by atoms with van der Waals surface area (Å²) in [6.07, 6.45) is 2.52. The number of aromatic amines is 1. The van der Waals surface area contributed by atoms with Crippen LogP contribution in [0.3, 0.4) is 0 Å². The molecule has 20 heavy (non-hydrogen) atoms. The number of carbonyl (C=O) groups excluding carboxylic acids is 1. The third kappa shape index (κ3) is 3.84. The summed E-state index contributed by atoms with van der Waals surface area (Å²) in [4.78, 5) is 13.2. The number of hydrogen-bond donors (Lipinski definition) is 3. The monoisotopic (exact) mass is 311 g/mol. The normalized spacial score (nSPS) is 12.3. The lowest BCUT2D eigenvalue weighted by Gasteiger charge is -2.15. The highest BCUT2D eigenvalue weighted by Crippen LogP contribution is 2.22. The van der Waals surface area contributed by atoms with E-state index in [9.17, 15) is 4.79 Å². The third-order valence-electron chi connectivity index (χ3n) is 2.78. The summed E-state index contributed by atoms with van der Waals surface area (Å²) < 4.78 is 0. The molecule has 5 nitrogen and oxygen atoms in total. The van der Waals surface area contributed by atoms with Crippen molar-refractivity contribution in [2.75, 3.05) is 18.6 Å². The summed E-state index contributed by atoms with van der Waals surface area (Å²) in [6, 6.07) is 5.64. The number of H-pyrrole nitrogens is 1. The first kappa shape index (κ1) is 15.1. The van der Waals surface area contributed by atoms with Crippen LogP contribution in [-0.2, 0) is 0 Å². The van der Waals surface area contributed by atoms with E-state index in [1.807, 2.05) is 23.8 Å². The maximum absolute atomic E-state index is 12.1. The number of thioether (sulfide) groups is 1. The molecule has 0 aromatic carbocycles. The fourth-order valence-corrected chi connectivity index (χ4v) is 3.15. The number of carbonyl (C=O) groups is 1. The lowest BCUT2D eigenvalue weighted by Crippen LogP contribution is -2.37. The first-order chi connectivity index (χ1) is 9.74. The number of hydrogen-bond acceptors (Lipinski definition) is 5. The average molecular weight is 311 g/mol. The van der Waals surface area contributed by atoms with E-state index in [-0.39, 0.29) is 18.6 Å². The Labute approximate surface area is 125 Å². The fourth-order valence-electron chi connectivity index (χ4n) is 1.81. The van der Waals surface area contributed by atoms with Gasteiger partial charge in [-0.1, -0.05) is 6.07 Å². The SMILES string of the molecule is CSCC(CCO)NC(=O)c1cc(-c2cccs2)[nH]n1. The van der Waals surface area contributed by atoms with Crippen molar-refractivity contribution < 1.29 is 9.90 Å². The highest BCUT2D eigenvalue weighted by atomic mass is 32.2. The number of aliphatic hydroxyl groups is 1. The minimum atomic E-state index is -0.212. The summed E-state index contributed by atoms with van der Waals surface area (Å²) in [5, 5.41) is 20.8. The average Bonchev–Trinajstić information content (AvgIpc) is 3.10. The Morgan fingerprint density at radius 1 is 1.65 bits per heavy atom. The van der Waals surface area contributed by atoms with Gasteiger partial charge in [0.15, 0.2) is 5.69 Å². The molecule has 108 valence electrons. The number of rotatable bonds is 7. The number of thiophene rings is 1. The van der Waals surface area contributed by atoms with E-state index < -0.39 is 0 Å². The molecule has 0 radical (unpaired) electrons. The van der Waals surface area contributed by atoms with E-state index in [4.69, 9.17) is 5.11 Å². The molecule has 0 bridgehead atoms. The predicted octanol–water partition coefficient (Wildman–Crippen LogP) is 1.98.